The van der Waals surface area contributed by atoms with Gasteiger partial charge in [-0.3, -0.25) is 20.2 Å². The van der Waals surface area contributed by atoms with E-state index in [1.807, 2.05) is 0 Å². The van der Waals surface area contributed by atoms with Crippen LogP contribution in [0.1, 0.15) is 0 Å². The van der Waals surface area contributed by atoms with Crippen LogP contribution in [0, 0.1) is 20.2 Å². The van der Waals surface area contributed by atoms with E-state index >= 15 is 0 Å². The van der Waals surface area contributed by atoms with Crippen LogP contribution in [0.2, 0.25) is 5.02 Å². The number of hydrogen-bond donors (Lipinski definition) is 2. The topological polar surface area (TPSA) is 110 Å². The number of benzene rings is 2. The van der Waals surface area contributed by atoms with Gasteiger partial charge in [0.2, 0.25) is 0 Å². The molecule has 0 aliphatic carbocycles. The third-order valence-electron chi connectivity index (χ3n) is 3.00. The SMILES string of the molecule is O=[N+]([O-])c1ccc(NCCNc2ccc(Cl)cc2[N+](=O)[O-])cc1. The summed E-state index contributed by atoms with van der Waals surface area (Å²) in [5.74, 6) is 0. The fourth-order valence-corrected chi connectivity index (χ4v) is 2.08. The molecule has 2 aromatic carbocycles. The molecule has 0 spiro atoms. The van der Waals surface area contributed by atoms with Gasteiger partial charge in [0.15, 0.2) is 0 Å². The van der Waals surface area contributed by atoms with Crippen LogP contribution in [0.25, 0.3) is 0 Å². The Kier molecular flexibility index (Phi) is 5.32. The van der Waals surface area contributed by atoms with E-state index in [1.165, 1.54) is 18.2 Å². The lowest BCUT2D eigenvalue weighted by Crippen LogP contribution is -2.14. The predicted molar refractivity (Wildman–Crippen MR) is 88.2 cm³/mol. The van der Waals surface area contributed by atoms with Gasteiger partial charge in [0.25, 0.3) is 11.4 Å². The Morgan fingerprint density at radius 2 is 1.57 bits per heavy atom. The smallest absolute Gasteiger partial charge is 0.293 e. The summed E-state index contributed by atoms with van der Waals surface area (Å²) in [5.41, 5.74) is 1.03. The maximum absolute atomic E-state index is 11.0. The Labute approximate surface area is 136 Å². The highest BCUT2D eigenvalue weighted by molar-refractivity contribution is 6.30. The molecule has 120 valence electrons. The lowest BCUT2D eigenvalue weighted by atomic mass is 10.2. The van der Waals surface area contributed by atoms with Gasteiger partial charge in [-0.25, -0.2) is 0 Å². The minimum atomic E-state index is -0.502. The molecule has 23 heavy (non-hydrogen) atoms. The van der Waals surface area contributed by atoms with Crippen LogP contribution in [-0.4, -0.2) is 22.9 Å². The first kappa shape index (κ1) is 16.5. The number of nitro benzene ring substituents is 2. The molecule has 0 aromatic heterocycles. The molecule has 2 aromatic rings. The van der Waals surface area contributed by atoms with E-state index in [4.69, 9.17) is 11.6 Å². The van der Waals surface area contributed by atoms with Crippen molar-refractivity contribution in [3.05, 3.63) is 67.7 Å². The van der Waals surface area contributed by atoms with Crippen molar-refractivity contribution >= 4 is 34.4 Å². The van der Waals surface area contributed by atoms with Crippen LogP contribution >= 0.6 is 11.6 Å². The molecule has 9 heteroatoms. The van der Waals surface area contributed by atoms with Gasteiger partial charge in [-0.05, 0) is 24.3 Å². The molecule has 0 saturated carbocycles. The van der Waals surface area contributed by atoms with Crippen LogP contribution in [0.15, 0.2) is 42.5 Å². The normalized spacial score (nSPS) is 10.1. The van der Waals surface area contributed by atoms with Crippen molar-refractivity contribution in [3.63, 3.8) is 0 Å². The van der Waals surface area contributed by atoms with Crippen LogP contribution in [-0.2, 0) is 0 Å². The monoisotopic (exact) mass is 336 g/mol. The second-order valence-electron chi connectivity index (χ2n) is 4.58. The Morgan fingerprint density at radius 3 is 2.17 bits per heavy atom. The van der Waals surface area contributed by atoms with E-state index in [-0.39, 0.29) is 11.4 Å². The van der Waals surface area contributed by atoms with Crippen molar-refractivity contribution in [1.82, 2.24) is 0 Å². The second-order valence-corrected chi connectivity index (χ2v) is 5.01. The molecule has 0 aliphatic rings. The number of non-ortho nitro benzene ring substituents is 1. The van der Waals surface area contributed by atoms with Crippen molar-refractivity contribution < 1.29 is 9.85 Å². The number of nitro groups is 2. The van der Waals surface area contributed by atoms with Crippen molar-refractivity contribution in [1.29, 1.82) is 0 Å². The minimum Gasteiger partial charge on any atom is -0.383 e. The van der Waals surface area contributed by atoms with E-state index in [0.717, 1.165) is 5.69 Å². The third kappa shape index (κ3) is 4.55. The zero-order valence-corrected chi connectivity index (χ0v) is 12.6. The first-order valence-electron chi connectivity index (χ1n) is 6.63. The summed E-state index contributed by atoms with van der Waals surface area (Å²) in [5, 5.41) is 27.8. The summed E-state index contributed by atoms with van der Waals surface area (Å²) in [6, 6.07) is 10.4. The molecule has 0 unspecified atom stereocenters. The lowest BCUT2D eigenvalue weighted by molar-refractivity contribution is -0.384. The van der Waals surface area contributed by atoms with Crippen molar-refractivity contribution in [3.8, 4) is 0 Å². The maximum atomic E-state index is 11.0. The predicted octanol–water partition coefficient (Wildman–Crippen LogP) is 3.68. The summed E-state index contributed by atoms with van der Waals surface area (Å²) in [6.45, 7) is 0.914. The van der Waals surface area contributed by atoms with Gasteiger partial charge < -0.3 is 10.6 Å². The molecule has 0 saturated heterocycles. The highest BCUT2D eigenvalue weighted by atomic mass is 35.5. The van der Waals surface area contributed by atoms with Crippen molar-refractivity contribution in [2.45, 2.75) is 0 Å². The molecule has 0 aliphatic heterocycles. The molecule has 2 rings (SSSR count). The van der Waals surface area contributed by atoms with Gasteiger partial charge in [-0.15, -0.1) is 0 Å². The van der Waals surface area contributed by atoms with Crippen molar-refractivity contribution in [2.24, 2.45) is 0 Å². The standard InChI is InChI=1S/C14H13ClN4O4/c15-10-1-6-13(14(9-10)19(22)23)17-8-7-16-11-2-4-12(5-3-11)18(20)21/h1-6,9,16-17H,7-8H2. The molecule has 0 fully saturated rings. The summed E-state index contributed by atoms with van der Waals surface area (Å²) in [6.07, 6.45) is 0. The zero-order valence-electron chi connectivity index (χ0n) is 11.9. The van der Waals surface area contributed by atoms with E-state index in [9.17, 15) is 20.2 Å². The van der Waals surface area contributed by atoms with E-state index in [1.54, 1.807) is 24.3 Å². The number of rotatable bonds is 7. The van der Waals surface area contributed by atoms with Crippen LogP contribution < -0.4 is 10.6 Å². The number of nitrogens with zero attached hydrogens (tertiary/aromatic N) is 2. The summed E-state index contributed by atoms with van der Waals surface area (Å²) >= 11 is 5.74. The lowest BCUT2D eigenvalue weighted by Gasteiger charge is -2.09. The number of hydrogen-bond acceptors (Lipinski definition) is 6. The van der Waals surface area contributed by atoms with Crippen LogP contribution in [0.3, 0.4) is 0 Å². The van der Waals surface area contributed by atoms with Crippen LogP contribution in [0.4, 0.5) is 22.7 Å². The molecule has 0 heterocycles. The Balaban J connectivity index is 1.88. The average molecular weight is 337 g/mol. The largest absolute Gasteiger partial charge is 0.383 e. The van der Waals surface area contributed by atoms with E-state index in [0.29, 0.717) is 23.8 Å². The van der Waals surface area contributed by atoms with Gasteiger partial charge in [-0.1, -0.05) is 11.6 Å². The number of anilines is 2. The molecule has 0 bridgehead atoms. The number of nitrogens with one attached hydrogen (secondary N) is 2. The van der Waals surface area contributed by atoms with Gasteiger partial charge in [0.05, 0.1) is 9.85 Å². The fraction of sp³-hybridized carbons (Fsp3) is 0.143. The summed E-state index contributed by atoms with van der Waals surface area (Å²) in [4.78, 5) is 20.5. The Morgan fingerprint density at radius 1 is 0.913 bits per heavy atom. The second kappa shape index (κ2) is 7.41. The highest BCUT2D eigenvalue weighted by Gasteiger charge is 2.13. The molecule has 0 amide bonds. The van der Waals surface area contributed by atoms with E-state index < -0.39 is 9.85 Å². The molecular formula is C14H13ClN4O4. The zero-order chi connectivity index (χ0) is 16.8. The Hall–Kier alpha value is -2.87. The third-order valence-corrected chi connectivity index (χ3v) is 3.24. The molecular weight excluding hydrogens is 324 g/mol. The molecule has 8 nitrogen and oxygen atoms in total. The van der Waals surface area contributed by atoms with E-state index in [2.05, 4.69) is 10.6 Å². The average Bonchev–Trinajstić information content (AvgIpc) is 2.53. The molecule has 0 atom stereocenters. The minimum absolute atomic E-state index is 0.0189. The number of halogens is 1. The Bertz CT molecular complexity index is 721. The highest BCUT2D eigenvalue weighted by Crippen LogP contribution is 2.27. The maximum Gasteiger partial charge on any atom is 0.293 e. The quantitative estimate of drug-likeness (QED) is 0.453. The molecule has 0 radical (unpaired) electrons. The summed E-state index contributed by atoms with van der Waals surface area (Å²) in [7, 11) is 0. The van der Waals surface area contributed by atoms with Gasteiger partial charge in [-0.2, -0.15) is 0 Å². The van der Waals surface area contributed by atoms with Gasteiger partial charge in [0, 0.05) is 42.0 Å². The van der Waals surface area contributed by atoms with Crippen LogP contribution in [0.5, 0.6) is 0 Å². The van der Waals surface area contributed by atoms with Gasteiger partial charge in [0.1, 0.15) is 5.69 Å². The first-order valence-corrected chi connectivity index (χ1v) is 7.01. The van der Waals surface area contributed by atoms with Crippen molar-refractivity contribution in [2.75, 3.05) is 23.7 Å². The van der Waals surface area contributed by atoms with Gasteiger partial charge >= 0.3 is 0 Å². The molecule has 2 N–H and O–H groups in total. The fourth-order valence-electron chi connectivity index (χ4n) is 1.91. The summed E-state index contributed by atoms with van der Waals surface area (Å²) < 4.78 is 0. The first-order chi connectivity index (χ1) is 11.0.